The van der Waals surface area contributed by atoms with Gasteiger partial charge in [0.2, 0.25) is 0 Å². The van der Waals surface area contributed by atoms with Gasteiger partial charge in [-0.05, 0) is 33.6 Å². The quantitative estimate of drug-likeness (QED) is 0.277. The first kappa shape index (κ1) is 30.1. The van der Waals surface area contributed by atoms with Gasteiger partial charge in [-0.15, -0.1) is 0 Å². The predicted molar refractivity (Wildman–Crippen MR) is 152 cm³/mol. The number of oxime groups is 1. The minimum Gasteiger partial charge on any atom is -0.394 e. The molecule has 0 aromatic rings. The molecule has 234 valence electrons. The van der Waals surface area contributed by atoms with E-state index >= 15 is 0 Å². The van der Waals surface area contributed by atoms with Crippen molar-refractivity contribution in [2.24, 2.45) is 11.1 Å². The first-order valence-corrected chi connectivity index (χ1v) is 15.7. The molecular formula is C28H51N7O6. The number of fused-ring (bicyclic) bond motifs is 3. The molecule has 0 N–H and O–H groups in total. The minimum atomic E-state index is -0.478. The van der Waals surface area contributed by atoms with Gasteiger partial charge in [-0.1, -0.05) is 5.16 Å². The Hall–Kier alpha value is -0.970. The molecule has 1 aliphatic carbocycles. The van der Waals surface area contributed by atoms with Crippen molar-refractivity contribution in [3.05, 3.63) is 0 Å². The molecule has 2 bridgehead atoms. The van der Waals surface area contributed by atoms with Crippen LogP contribution >= 0.6 is 0 Å². The first-order chi connectivity index (χ1) is 20.0. The van der Waals surface area contributed by atoms with E-state index in [-0.39, 0.29) is 17.6 Å². The summed E-state index contributed by atoms with van der Waals surface area (Å²) in [7, 11) is 0. The summed E-state index contributed by atoms with van der Waals surface area (Å²) in [6.07, 6.45) is 2.05. The lowest BCUT2D eigenvalue weighted by Gasteiger charge is -2.62. The fourth-order valence-corrected chi connectivity index (χ4v) is 7.45. The Kier molecular flexibility index (Phi) is 9.79. The smallest absolute Gasteiger partial charge is 0.132 e. The number of hydrogen-bond donors (Lipinski definition) is 0. The maximum atomic E-state index is 6.82. The molecule has 1 saturated carbocycles. The highest BCUT2D eigenvalue weighted by atomic mass is 16.6. The van der Waals surface area contributed by atoms with Crippen molar-refractivity contribution in [3.8, 4) is 0 Å². The molecule has 7 aliphatic rings. The molecule has 0 amide bonds. The second-order valence-electron chi connectivity index (χ2n) is 12.5. The van der Waals surface area contributed by atoms with Gasteiger partial charge in [0, 0.05) is 58.3 Å². The molecule has 7 rings (SSSR count). The average molecular weight is 582 g/mol. The van der Waals surface area contributed by atoms with E-state index in [0.29, 0.717) is 6.61 Å². The normalized spacial score (nSPS) is 35.5. The van der Waals surface area contributed by atoms with Crippen LogP contribution in [0.2, 0.25) is 0 Å². The Morgan fingerprint density at radius 1 is 0.732 bits per heavy atom. The summed E-state index contributed by atoms with van der Waals surface area (Å²) in [6, 6.07) is 0.0586. The van der Waals surface area contributed by atoms with Gasteiger partial charge in [0.05, 0.1) is 71.0 Å². The zero-order valence-electron chi connectivity index (χ0n) is 25.4. The summed E-state index contributed by atoms with van der Waals surface area (Å²) >= 11 is 0. The van der Waals surface area contributed by atoms with Crippen molar-refractivity contribution in [2.75, 3.05) is 118 Å². The lowest BCUT2D eigenvalue weighted by Crippen LogP contribution is -2.75. The predicted octanol–water partition coefficient (Wildman–Crippen LogP) is 0.298. The summed E-state index contributed by atoms with van der Waals surface area (Å²) in [4.78, 5) is 6.26. The Bertz CT molecular complexity index is 838. The summed E-state index contributed by atoms with van der Waals surface area (Å²) < 4.78 is 29.6. The molecule has 6 saturated heterocycles. The third-order valence-corrected chi connectivity index (χ3v) is 9.49. The molecule has 0 aromatic carbocycles. The van der Waals surface area contributed by atoms with Crippen LogP contribution in [0.4, 0.5) is 0 Å². The molecule has 0 radical (unpaired) electrons. The van der Waals surface area contributed by atoms with Crippen LogP contribution in [0.25, 0.3) is 0 Å². The van der Waals surface area contributed by atoms with E-state index in [1.165, 1.54) is 0 Å². The number of hydrazine groups is 4. The monoisotopic (exact) mass is 581 g/mol. The largest absolute Gasteiger partial charge is 0.394 e. The number of rotatable bonds is 9. The van der Waals surface area contributed by atoms with E-state index < -0.39 is 5.60 Å². The van der Waals surface area contributed by atoms with Crippen LogP contribution in [0, 0.1) is 5.92 Å². The summed E-state index contributed by atoms with van der Waals surface area (Å²) in [6.45, 7) is 20.8. The van der Waals surface area contributed by atoms with Crippen LogP contribution in [-0.4, -0.2) is 172 Å². The van der Waals surface area contributed by atoms with Crippen molar-refractivity contribution in [1.29, 1.82) is 0 Å². The highest BCUT2D eigenvalue weighted by Crippen LogP contribution is 2.50. The maximum Gasteiger partial charge on any atom is 0.132 e. The van der Waals surface area contributed by atoms with E-state index in [4.69, 9.17) is 33.7 Å². The van der Waals surface area contributed by atoms with E-state index in [2.05, 4.69) is 51.0 Å². The second-order valence-corrected chi connectivity index (χ2v) is 12.5. The standard InChI is InChI=1S/C28H51N7O6/c1-27(2)24-4-5-28(3,41-27)26(25(24)35(32-10-19-38-20-11-32)33-12-21-39-22-13-33)29-40-23-14-34(30-6-15-36-16-7-30)31-8-17-37-18-9-31/h24-25H,4-23H2,1-3H3/b29-26-/t24-,25-,28+/m1/s1. The van der Waals surface area contributed by atoms with Crippen LogP contribution in [-0.2, 0) is 28.5 Å². The third kappa shape index (κ3) is 6.60. The van der Waals surface area contributed by atoms with Gasteiger partial charge in [0.15, 0.2) is 0 Å². The number of morpholine rings is 4. The summed E-state index contributed by atoms with van der Waals surface area (Å²) in [5, 5.41) is 19.5. The highest BCUT2D eigenvalue weighted by Gasteiger charge is 2.61. The fraction of sp³-hybridized carbons (Fsp3) is 0.964. The van der Waals surface area contributed by atoms with E-state index in [1.807, 2.05) is 0 Å². The summed E-state index contributed by atoms with van der Waals surface area (Å²) in [5.41, 5.74) is 0.264. The van der Waals surface area contributed by atoms with Crippen LogP contribution in [0.15, 0.2) is 5.16 Å². The lowest BCUT2D eigenvalue weighted by molar-refractivity contribution is -0.280. The molecule has 0 unspecified atom stereocenters. The van der Waals surface area contributed by atoms with Gasteiger partial charge in [-0.25, -0.2) is 20.0 Å². The average Bonchev–Trinajstić information content (AvgIpc) is 2.99. The summed E-state index contributed by atoms with van der Waals surface area (Å²) in [5.74, 6) is 0.288. The number of ether oxygens (including phenoxy) is 5. The molecule has 13 nitrogen and oxygen atoms in total. The lowest BCUT2D eigenvalue weighted by atomic mass is 9.64. The molecule has 3 atom stereocenters. The van der Waals surface area contributed by atoms with Gasteiger partial charge < -0.3 is 28.5 Å². The van der Waals surface area contributed by atoms with E-state index in [9.17, 15) is 0 Å². The van der Waals surface area contributed by atoms with Gasteiger partial charge in [-0.3, -0.25) is 0 Å². The van der Waals surface area contributed by atoms with Crippen molar-refractivity contribution < 1.29 is 28.5 Å². The number of nitrogens with zero attached hydrogens (tertiary/aromatic N) is 7. The highest BCUT2D eigenvalue weighted by molar-refractivity contribution is 5.98. The molecule has 7 fully saturated rings. The van der Waals surface area contributed by atoms with Gasteiger partial charge >= 0.3 is 0 Å². The van der Waals surface area contributed by atoms with Crippen molar-refractivity contribution >= 4 is 5.71 Å². The zero-order chi connectivity index (χ0) is 28.3. The Balaban J connectivity index is 1.23. The third-order valence-electron chi connectivity index (χ3n) is 9.49. The SMILES string of the molecule is CC1(C)O[C@@]2(C)CC[C@@H]1[C@@H](N(N1CCOCC1)N1CCOCC1)/C2=N/OCCN(N1CCOCC1)N1CCOCC1. The molecule has 6 heterocycles. The molecule has 13 heteroatoms. The Morgan fingerprint density at radius 2 is 1.20 bits per heavy atom. The van der Waals surface area contributed by atoms with Crippen molar-refractivity contribution in [1.82, 2.24) is 30.3 Å². The van der Waals surface area contributed by atoms with Crippen LogP contribution in [0.5, 0.6) is 0 Å². The van der Waals surface area contributed by atoms with Crippen molar-refractivity contribution in [2.45, 2.75) is 50.9 Å². The Morgan fingerprint density at radius 3 is 1.66 bits per heavy atom. The second kappa shape index (κ2) is 13.3. The minimum absolute atomic E-state index is 0.0586. The van der Waals surface area contributed by atoms with Crippen molar-refractivity contribution in [3.63, 3.8) is 0 Å². The van der Waals surface area contributed by atoms with Crippen LogP contribution < -0.4 is 0 Å². The maximum absolute atomic E-state index is 6.82. The van der Waals surface area contributed by atoms with E-state index in [1.54, 1.807) is 0 Å². The van der Waals surface area contributed by atoms with Crippen LogP contribution in [0.1, 0.15) is 33.6 Å². The molecule has 6 aliphatic heterocycles. The molecule has 41 heavy (non-hydrogen) atoms. The van der Waals surface area contributed by atoms with Gasteiger partial charge in [-0.2, -0.15) is 10.2 Å². The van der Waals surface area contributed by atoms with Gasteiger partial charge in [0.25, 0.3) is 0 Å². The Labute approximate surface area is 245 Å². The van der Waals surface area contributed by atoms with E-state index in [0.717, 1.165) is 130 Å². The fourth-order valence-electron chi connectivity index (χ4n) is 7.45. The molecule has 0 aromatic heterocycles. The zero-order valence-corrected chi connectivity index (χ0v) is 25.4. The number of hydrogen-bond acceptors (Lipinski definition) is 13. The topological polar surface area (TPSA) is 87.2 Å². The first-order valence-electron chi connectivity index (χ1n) is 15.7. The molecule has 0 spiro atoms. The van der Waals surface area contributed by atoms with Gasteiger partial charge in [0.1, 0.15) is 17.9 Å². The molecular weight excluding hydrogens is 530 g/mol. The van der Waals surface area contributed by atoms with Crippen LogP contribution in [0.3, 0.4) is 0 Å².